The Morgan fingerprint density at radius 2 is 0.682 bits per heavy atom. The van der Waals surface area contributed by atoms with E-state index >= 15 is 0 Å². The first-order chi connectivity index (χ1) is 9.38. The third kappa shape index (κ3) is 51.7. The molecule has 0 aliphatic rings. The molecule has 0 N–H and O–H groups in total. The standard InChI is InChI=1S/3C5H8O2.Os/c3*1-4(6)3-5(2)7;/h3*3,6H,1-2H3;/q;;;+3/p-3/b3*4-3-;. The predicted octanol–water partition coefficient (Wildman–Crippen LogP) is -0.484. The molecular weight excluding hydrogens is 466 g/mol. The quantitative estimate of drug-likeness (QED) is 0.392. The van der Waals surface area contributed by atoms with Crippen molar-refractivity contribution in [1.29, 1.82) is 0 Å². The van der Waals surface area contributed by atoms with Crippen LogP contribution in [0.15, 0.2) is 35.5 Å². The maximum absolute atomic E-state index is 9.98. The second-order valence-corrected chi connectivity index (χ2v) is 4.10. The summed E-state index contributed by atoms with van der Waals surface area (Å²) in [4.78, 5) is 29.9. The van der Waals surface area contributed by atoms with Crippen LogP contribution in [-0.4, -0.2) is 17.3 Å². The van der Waals surface area contributed by atoms with Crippen LogP contribution in [0.1, 0.15) is 41.5 Å². The van der Waals surface area contributed by atoms with Gasteiger partial charge in [0.05, 0.1) is 0 Å². The molecule has 0 aromatic heterocycles. The smallest absolute Gasteiger partial charge is 0.876 e. The number of carbonyl (C=O) groups is 3. The molecule has 0 aliphatic carbocycles. The van der Waals surface area contributed by atoms with E-state index in [1.54, 1.807) is 0 Å². The van der Waals surface area contributed by atoms with Crippen LogP contribution in [0.2, 0.25) is 0 Å². The van der Waals surface area contributed by atoms with Gasteiger partial charge in [0, 0.05) is 0 Å². The Morgan fingerprint density at radius 1 is 0.545 bits per heavy atom. The molecular formula is C15H21O6Os. The van der Waals surface area contributed by atoms with Crippen LogP contribution >= 0.6 is 0 Å². The third-order valence-corrected chi connectivity index (χ3v) is 1.22. The van der Waals surface area contributed by atoms with Gasteiger partial charge in [-0.3, -0.25) is 14.4 Å². The van der Waals surface area contributed by atoms with E-state index in [9.17, 15) is 29.7 Å². The normalized spacial score (nSPS) is 10.9. The van der Waals surface area contributed by atoms with E-state index in [-0.39, 0.29) is 54.4 Å². The van der Waals surface area contributed by atoms with Crippen molar-refractivity contribution in [2.45, 2.75) is 41.5 Å². The minimum atomic E-state index is -0.187. The molecule has 22 heavy (non-hydrogen) atoms. The van der Waals surface area contributed by atoms with Crippen LogP contribution in [0.3, 0.4) is 0 Å². The Kier molecular flexibility index (Phi) is 22.4. The number of hydrogen-bond acceptors (Lipinski definition) is 6. The summed E-state index contributed by atoms with van der Waals surface area (Å²) in [5.41, 5.74) is 0. The Balaban J connectivity index is -0.000000108. The summed E-state index contributed by atoms with van der Waals surface area (Å²) in [6.07, 6.45) is 3.17. The van der Waals surface area contributed by atoms with Crippen LogP contribution in [0.25, 0.3) is 0 Å². The van der Waals surface area contributed by atoms with E-state index in [2.05, 4.69) is 0 Å². The first kappa shape index (κ1) is 28.4. The van der Waals surface area contributed by atoms with Gasteiger partial charge in [0.25, 0.3) is 0 Å². The molecule has 0 aromatic rings. The van der Waals surface area contributed by atoms with Crippen molar-refractivity contribution >= 4 is 17.3 Å². The van der Waals surface area contributed by atoms with Crippen molar-refractivity contribution in [3.63, 3.8) is 0 Å². The summed E-state index contributed by atoms with van der Waals surface area (Å²) < 4.78 is 0. The second kappa shape index (κ2) is 17.3. The van der Waals surface area contributed by atoms with E-state index in [1.165, 1.54) is 41.5 Å². The van der Waals surface area contributed by atoms with Crippen molar-refractivity contribution in [3.8, 4) is 0 Å². The van der Waals surface area contributed by atoms with Crippen molar-refractivity contribution in [2.24, 2.45) is 0 Å². The number of allylic oxidation sites excluding steroid dienone is 6. The third-order valence-electron chi connectivity index (χ3n) is 1.22. The molecule has 6 nitrogen and oxygen atoms in total. The number of ketones is 3. The zero-order chi connectivity index (χ0) is 17.6. The molecule has 1 radical (unpaired) electrons. The molecule has 7 heteroatoms. The molecule has 0 atom stereocenters. The summed E-state index contributed by atoms with van der Waals surface area (Å²) in [6, 6.07) is 0. The van der Waals surface area contributed by atoms with Crippen LogP contribution < -0.4 is 15.3 Å². The number of rotatable bonds is 3. The fourth-order valence-corrected chi connectivity index (χ4v) is 0.859. The first-order valence-electron chi connectivity index (χ1n) is 5.96. The average molecular weight is 488 g/mol. The van der Waals surface area contributed by atoms with Gasteiger partial charge in [0.1, 0.15) is 0 Å². The number of hydrogen-bond donors (Lipinski definition) is 0. The van der Waals surface area contributed by atoms with Gasteiger partial charge in [-0.1, -0.05) is 20.8 Å². The average Bonchev–Trinajstić information content (AvgIpc) is 2.10. The molecule has 0 saturated heterocycles. The minimum absolute atomic E-state index is 0. The molecule has 0 unspecified atom stereocenters. The zero-order valence-electron chi connectivity index (χ0n) is 13.5. The fraction of sp³-hybridized carbons (Fsp3) is 0.400. The molecule has 0 bridgehead atoms. The Bertz CT molecular complexity index is 368. The maximum atomic E-state index is 9.98. The van der Waals surface area contributed by atoms with Crippen molar-refractivity contribution in [2.75, 3.05) is 0 Å². The summed E-state index contributed by atoms with van der Waals surface area (Å²) in [5, 5.41) is 29.9. The predicted molar refractivity (Wildman–Crippen MR) is 73.3 cm³/mol. The van der Waals surface area contributed by atoms with Crippen LogP contribution in [0.5, 0.6) is 0 Å². The Morgan fingerprint density at radius 3 is 0.682 bits per heavy atom. The van der Waals surface area contributed by atoms with Crippen LogP contribution in [0.4, 0.5) is 0 Å². The molecule has 0 aromatic carbocycles. The van der Waals surface area contributed by atoms with Gasteiger partial charge in [0.2, 0.25) is 0 Å². The van der Waals surface area contributed by atoms with Gasteiger partial charge >= 0.3 is 19.8 Å². The monoisotopic (exact) mass is 489 g/mol. The molecule has 0 saturated carbocycles. The zero-order valence-corrected chi connectivity index (χ0v) is 16.1. The molecule has 0 amide bonds. The van der Waals surface area contributed by atoms with Gasteiger partial charge in [-0.05, 0) is 39.0 Å². The summed E-state index contributed by atoms with van der Waals surface area (Å²) in [5.74, 6) is -1.12. The largest absolute Gasteiger partial charge is 3.00 e. The SMILES string of the molecule is CC(=O)/C=C(/C)[O-].CC(=O)/C=C(/C)[O-].CC(=O)/C=C(/C)[O-].[Os+3]. The van der Waals surface area contributed by atoms with Gasteiger partial charge in [-0.25, -0.2) is 0 Å². The molecule has 0 rings (SSSR count). The van der Waals surface area contributed by atoms with E-state index in [0.717, 1.165) is 18.2 Å². The molecule has 0 aliphatic heterocycles. The number of carbonyl (C=O) groups excluding carboxylic acids is 3. The van der Waals surface area contributed by atoms with Gasteiger partial charge in [-0.2, -0.15) is 0 Å². The van der Waals surface area contributed by atoms with Gasteiger partial charge in [0.15, 0.2) is 17.3 Å². The molecule has 125 valence electrons. The van der Waals surface area contributed by atoms with E-state index in [1.807, 2.05) is 0 Å². The summed E-state index contributed by atoms with van der Waals surface area (Å²) >= 11 is 0. The molecule has 0 heterocycles. The van der Waals surface area contributed by atoms with E-state index < -0.39 is 0 Å². The second-order valence-electron chi connectivity index (χ2n) is 4.10. The summed E-state index contributed by atoms with van der Waals surface area (Å²) in [7, 11) is 0. The fourth-order valence-electron chi connectivity index (χ4n) is 0.859. The summed E-state index contributed by atoms with van der Waals surface area (Å²) in [6.45, 7) is 8.09. The Hall–Kier alpha value is -1.73. The maximum Gasteiger partial charge on any atom is 3.00 e. The molecule has 0 spiro atoms. The van der Waals surface area contributed by atoms with Crippen LogP contribution in [-0.2, 0) is 34.2 Å². The van der Waals surface area contributed by atoms with Crippen LogP contribution in [0, 0.1) is 0 Å². The molecule has 0 fully saturated rings. The van der Waals surface area contributed by atoms with Crippen molar-refractivity contribution < 1.29 is 49.5 Å². The van der Waals surface area contributed by atoms with Crippen molar-refractivity contribution in [1.82, 2.24) is 0 Å². The minimum Gasteiger partial charge on any atom is -0.876 e. The van der Waals surface area contributed by atoms with E-state index in [4.69, 9.17) is 0 Å². The first-order valence-corrected chi connectivity index (χ1v) is 5.96. The van der Waals surface area contributed by atoms with Gasteiger partial charge < -0.3 is 15.3 Å². The van der Waals surface area contributed by atoms with Gasteiger partial charge in [-0.15, -0.1) is 17.3 Å². The topological polar surface area (TPSA) is 120 Å². The Labute approximate surface area is 144 Å². The van der Waals surface area contributed by atoms with E-state index in [0.29, 0.717) is 0 Å². The van der Waals surface area contributed by atoms with Crippen molar-refractivity contribution in [3.05, 3.63) is 35.5 Å².